The molecule has 1 amide bonds. The predicted octanol–water partition coefficient (Wildman–Crippen LogP) is 3.78. The van der Waals surface area contributed by atoms with E-state index >= 15 is 0 Å². The lowest BCUT2D eigenvalue weighted by atomic mass is 10.2. The first-order valence-corrected chi connectivity index (χ1v) is 8.55. The predicted molar refractivity (Wildman–Crippen MR) is 101 cm³/mol. The summed E-state index contributed by atoms with van der Waals surface area (Å²) in [6, 6.07) is 10.2. The Hall–Kier alpha value is -3.07. The van der Waals surface area contributed by atoms with E-state index in [4.69, 9.17) is 18.6 Å². The Bertz CT molecular complexity index is 931. The molecule has 0 saturated carbocycles. The van der Waals surface area contributed by atoms with E-state index < -0.39 is 0 Å². The number of methoxy groups -OCH3 is 3. The van der Waals surface area contributed by atoms with Crippen LogP contribution in [0, 0.1) is 0 Å². The zero-order chi connectivity index (χ0) is 19.4. The molecule has 0 saturated heterocycles. The number of nitrogens with one attached hydrogen (secondary N) is 1. The molecule has 8 nitrogen and oxygen atoms in total. The molecule has 1 heterocycles. The molecule has 1 aromatic heterocycles. The van der Waals surface area contributed by atoms with Crippen molar-refractivity contribution in [2.75, 3.05) is 26.6 Å². The summed E-state index contributed by atoms with van der Waals surface area (Å²) in [6.07, 6.45) is 0. The molecule has 0 radical (unpaired) electrons. The van der Waals surface area contributed by atoms with Gasteiger partial charge in [0.1, 0.15) is 0 Å². The molecule has 0 spiro atoms. The largest absolute Gasteiger partial charge is 0.493 e. The van der Waals surface area contributed by atoms with E-state index in [0.717, 1.165) is 4.47 Å². The lowest BCUT2D eigenvalue weighted by Gasteiger charge is -2.12. The van der Waals surface area contributed by atoms with Crippen molar-refractivity contribution in [1.82, 2.24) is 10.2 Å². The van der Waals surface area contributed by atoms with Gasteiger partial charge in [-0.2, -0.15) is 0 Å². The molecule has 0 unspecified atom stereocenters. The van der Waals surface area contributed by atoms with Crippen LogP contribution in [0.15, 0.2) is 45.3 Å². The monoisotopic (exact) mass is 433 g/mol. The number of benzene rings is 2. The van der Waals surface area contributed by atoms with Crippen molar-refractivity contribution in [2.24, 2.45) is 0 Å². The van der Waals surface area contributed by atoms with Crippen LogP contribution in [-0.2, 0) is 0 Å². The maximum absolute atomic E-state index is 12.2. The summed E-state index contributed by atoms with van der Waals surface area (Å²) in [6.45, 7) is 0. The number of anilines is 1. The van der Waals surface area contributed by atoms with E-state index in [1.807, 2.05) is 0 Å². The van der Waals surface area contributed by atoms with Gasteiger partial charge in [-0.15, -0.1) is 5.10 Å². The van der Waals surface area contributed by atoms with Crippen molar-refractivity contribution in [3.8, 4) is 28.7 Å². The summed E-state index contributed by atoms with van der Waals surface area (Å²) in [5.74, 6) is 1.19. The van der Waals surface area contributed by atoms with Crippen molar-refractivity contribution in [3.63, 3.8) is 0 Å². The van der Waals surface area contributed by atoms with Crippen LogP contribution in [0.3, 0.4) is 0 Å². The minimum absolute atomic E-state index is 0.0216. The Morgan fingerprint density at radius 2 is 1.63 bits per heavy atom. The third-order valence-corrected chi connectivity index (χ3v) is 4.19. The summed E-state index contributed by atoms with van der Waals surface area (Å²) in [7, 11) is 4.54. The average molecular weight is 434 g/mol. The van der Waals surface area contributed by atoms with Crippen LogP contribution in [0.2, 0.25) is 0 Å². The molecule has 3 rings (SSSR count). The van der Waals surface area contributed by atoms with E-state index in [2.05, 4.69) is 31.4 Å². The highest BCUT2D eigenvalue weighted by atomic mass is 79.9. The summed E-state index contributed by atoms with van der Waals surface area (Å²) in [5, 5.41) is 10.4. The van der Waals surface area contributed by atoms with Gasteiger partial charge in [-0.1, -0.05) is 21.0 Å². The summed E-state index contributed by atoms with van der Waals surface area (Å²) >= 11 is 3.32. The SMILES string of the molecule is COc1cc(-c2nnc(NC(=O)c3ccc(Br)cc3)o2)cc(OC)c1OC. The van der Waals surface area contributed by atoms with E-state index in [9.17, 15) is 4.79 Å². The highest BCUT2D eigenvalue weighted by molar-refractivity contribution is 9.10. The second-order valence-electron chi connectivity index (χ2n) is 5.29. The maximum Gasteiger partial charge on any atom is 0.322 e. The third-order valence-electron chi connectivity index (χ3n) is 3.66. The molecule has 0 fully saturated rings. The van der Waals surface area contributed by atoms with Crippen molar-refractivity contribution < 1.29 is 23.4 Å². The van der Waals surface area contributed by atoms with Crippen LogP contribution in [0.25, 0.3) is 11.5 Å². The molecular formula is C18H16BrN3O5. The number of amides is 1. The summed E-state index contributed by atoms with van der Waals surface area (Å²) in [5.41, 5.74) is 1.02. The smallest absolute Gasteiger partial charge is 0.322 e. The first-order chi connectivity index (χ1) is 13.0. The molecule has 0 aliphatic carbocycles. The molecule has 0 aliphatic rings. The second-order valence-corrected chi connectivity index (χ2v) is 6.20. The van der Waals surface area contributed by atoms with Gasteiger partial charge in [0.05, 0.1) is 21.3 Å². The lowest BCUT2D eigenvalue weighted by Crippen LogP contribution is -2.11. The fourth-order valence-electron chi connectivity index (χ4n) is 2.37. The molecule has 9 heteroatoms. The van der Waals surface area contributed by atoms with Crippen LogP contribution >= 0.6 is 15.9 Å². The van der Waals surface area contributed by atoms with Gasteiger partial charge in [-0.25, -0.2) is 0 Å². The van der Waals surface area contributed by atoms with Gasteiger partial charge in [0.15, 0.2) is 11.5 Å². The van der Waals surface area contributed by atoms with Gasteiger partial charge in [0.2, 0.25) is 11.6 Å². The number of rotatable bonds is 6. The average Bonchev–Trinajstić information content (AvgIpc) is 3.15. The van der Waals surface area contributed by atoms with Crippen molar-refractivity contribution in [2.45, 2.75) is 0 Å². The van der Waals surface area contributed by atoms with E-state index in [-0.39, 0.29) is 17.8 Å². The summed E-state index contributed by atoms with van der Waals surface area (Å²) < 4.78 is 22.3. The molecule has 2 aromatic carbocycles. The molecule has 1 N–H and O–H groups in total. The number of nitrogens with zero attached hydrogens (tertiary/aromatic N) is 2. The van der Waals surface area contributed by atoms with Crippen LogP contribution in [0.4, 0.5) is 6.01 Å². The quantitative estimate of drug-likeness (QED) is 0.631. The fourth-order valence-corrected chi connectivity index (χ4v) is 2.63. The van der Waals surface area contributed by atoms with Crippen molar-refractivity contribution in [1.29, 1.82) is 0 Å². The molecule has 0 bridgehead atoms. The molecule has 0 aliphatic heterocycles. The minimum atomic E-state index is -0.359. The third kappa shape index (κ3) is 4.03. The fraction of sp³-hybridized carbons (Fsp3) is 0.167. The van der Waals surface area contributed by atoms with Crippen LogP contribution in [0.1, 0.15) is 10.4 Å². The number of hydrogen-bond acceptors (Lipinski definition) is 7. The maximum atomic E-state index is 12.2. The Balaban J connectivity index is 1.85. The first kappa shape index (κ1) is 18.7. The molecule has 140 valence electrons. The van der Waals surface area contributed by atoms with Gasteiger partial charge in [0.25, 0.3) is 5.91 Å². The second kappa shape index (κ2) is 8.09. The highest BCUT2D eigenvalue weighted by Gasteiger charge is 2.18. The summed E-state index contributed by atoms with van der Waals surface area (Å²) in [4.78, 5) is 12.2. The molecule has 27 heavy (non-hydrogen) atoms. The zero-order valence-corrected chi connectivity index (χ0v) is 16.4. The van der Waals surface area contributed by atoms with Gasteiger partial charge in [-0.3, -0.25) is 10.1 Å². The highest BCUT2D eigenvalue weighted by Crippen LogP contribution is 2.41. The number of carbonyl (C=O) groups is 1. The lowest BCUT2D eigenvalue weighted by molar-refractivity contribution is 0.102. The van der Waals surface area contributed by atoms with Crippen molar-refractivity contribution >= 4 is 27.9 Å². The van der Waals surface area contributed by atoms with Gasteiger partial charge in [-0.05, 0) is 36.4 Å². The van der Waals surface area contributed by atoms with E-state index in [0.29, 0.717) is 28.4 Å². The standard InChI is InChI=1S/C18H16BrN3O5/c1-24-13-8-11(9-14(25-2)15(13)26-3)17-21-22-18(27-17)20-16(23)10-4-6-12(19)7-5-10/h4-9H,1-3H3,(H,20,22,23). The number of halogens is 1. The number of aromatic nitrogens is 2. The Labute approximate surface area is 163 Å². The topological polar surface area (TPSA) is 95.7 Å². The first-order valence-electron chi connectivity index (χ1n) is 7.76. The number of carbonyl (C=O) groups excluding carboxylic acids is 1. The van der Waals surface area contributed by atoms with Crippen LogP contribution in [0.5, 0.6) is 17.2 Å². The molecule has 3 aromatic rings. The number of hydrogen-bond donors (Lipinski definition) is 1. The Kier molecular flexibility index (Phi) is 5.60. The van der Waals surface area contributed by atoms with Crippen LogP contribution < -0.4 is 19.5 Å². The molecular weight excluding hydrogens is 418 g/mol. The zero-order valence-electron chi connectivity index (χ0n) is 14.8. The van der Waals surface area contributed by atoms with Crippen molar-refractivity contribution in [3.05, 3.63) is 46.4 Å². The van der Waals surface area contributed by atoms with Gasteiger partial charge in [0, 0.05) is 15.6 Å². The van der Waals surface area contributed by atoms with Gasteiger partial charge < -0.3 is 18.6 Å². The minimum Gasteiger partial charge on any atom is -0.493 e. The van der Waals surface area contributed by atoms with E-state index in [1.165, 1.54) is 21.3 Å². The van der Waals surface area contributed by atoms with Gasteiger partial charge >= 0.3 is 6.01 Å². The Morgan fingerprint density at radius 3 is 2.19 bits per heavy atom. The molecule has 0 atom stereocenters. The number of ether oxygens (including phenoxy) is 3. The Morgan fingerprint density at radius 1 is 1.00 bits per heavy atom. The van der Waals surface area contributed by atoms with E-state index in [1.54, 1.807) is 36.4 Å². The normalized spacial score (nSPS) is 10.4. The van der Waals surface area contributed by atoms with Crippen LogP contribution in [-0.4, -0.2) is 37.4 Å².